The normalized spacial score (nSPS) is 26.1. The summed E-state index contributed by atoms with van der Waals surface area (Å²) in [7, 11) is 2.16. The van der Waals surface area contributed by atoms with Crippen LogP contribution in [0.1, 0.15) is 25.3 Å². The third kappa shape index (κ3) is 3.48. The first-order valence-electron chi connectivity index (χ1n) is 6.18. The first-order chi connectivity index (χ1) is 8.15. The molecule has 4 heteroatoms. The van der Waals surface area contributed by atoms with Gasteiger partial charge in [0.2, 0.25) is 0 Å². The maximum atomic E-state index is 12.9. The van der Waals surface area contributed by atoms with Gasteiger partial charge in [0.05, 0.1) is 6.20 Å². The van der Waals surface area contributed by atoms with Gasteiger partial charge in [-0.2, -0.15) is 0 Å². The highest BCUT2D eigenvalue weighted by molar-refractivity contribution is 5.09. The van der Waals surface area contributed by atoms with E-state index in [0.29, 0.717) is 18.6 Å². The molecule has 0 spiro atoms. The van der Waals surface area contributed by atoms with E-state index in [4.69, 9.17) is 0 Å². The minimum absolute atomic E-state index is 0.263. The fourth-order valence-electron chi connectivity index (χ4n) is 2.29. The maximum absolute atomic E-state index is 12.9. The number of nitrogens with one attached hydrogen (secondary N) is 1. The first kappa shape index (κ1) is 12.5. The summed E-state index contributed by atoms with van der Waals surface area (Å²) in [5.41, 5.74) is 0.914. The van der Waals surface area contributed by atoms with Crippen molar-refractivity contribution in [1.29, 1.82) is 0 Å². The summed E-state index contributed by atoms with van der Waals surface area (Å²) in [5, 5.41) is 3.48. The monoisotopic (exact) mass is 237 g/mol. The molecule has 1 aromatic rings. The number of halogens is 1. The fraction of sp³-hybridized carbons (Fsp3) is 0.615. The smallest absolute Gasteiger partial charge is 0.141 e. The van der Waals surface area contributed by atoms with Crippen molar-refractivity contribution in [1.82, 2.24) is 15.2 Å². The highest BCUT2D eigenvalue weighted by Crippen LogP contribution is 2.15. The zero-order valence-corrected chi connectivity index (χ0v) is 10.5. The van der Waals surface area contributed by atoms with Gasteiger partial charge >= 0.3 is 0 Å². The van der Waals surface area contributed by atoms with Crippen LogP contribution in [0, 0.1) is 5.82 Å². The molecular formula is C13H20FN3. The molecule has 94 valence electrons. The zero-order valence-electron chi connectivity index (χ0n) is 10.5. The van der Waals surface area contributed by atoms with E-state index >= 15 is 0 Å². The van der Waals surface area contributed by atoms with Gasteiger partial charge in [0.25, 0.3) is 0 Å². The van der Waals surface area contributed by atoms with Crippen LogP contribution in [0.2, 0.25) is 0 Å². The van der Waals surface area contributed by atoms with E-state index < -0.39 is 0 Å². The van der Waals surface area contributed by atoms with Crippen molar-refractivity contribution in [2.45, 2.75) is 38.4 Å². The summed E-state index contributed by atoms with van der Waals surface area (Å²) in [6.07, 6.45) is 5.26. The molecule has 2 rings (SSSR count). The average molecular weight is 237 g/mol. The topological polar surface area (TPSA) is 28.2 Å². The molecule has 1 N–H and O–H groups in total. The Hall–Kier alpha value is -1.00. The van der Waals surface area contributed by atoms with Crippen molar-refractivity contribution in [2.75, 3.05) is 13.6 Å². The number of rotatable bonds is 3. The third-order valence-electron chi connectivity index (χ3n) is 3.56. The highest BCUT2D eigenvalue weighted by atomic mass is 19.1. The number of piperidine rings is 1. The van der Waals surface area contributed by atoms with E-state index in [0.717, 1.165) is 24.9 Å². The number of hydrogen-bond donors (Lipinski definition) is 1. The molecule has 0 amide bonds. The predicted molar refractivity (Wildman–Crippen MR) is 66.1 cm³/mol. The predicted octanol–water partition coefficient (Wildman–Crippen LogP) is 1.79. The number of pyridine rings is 1. The van der Waals surface area contributed by atoms with Gasteiger partial charge in [0.15, 0.2) is 0 Å². The number of aromatic nitrogens is 1. The Morgan fingerprint density at radius 1 is 1.53 bits per heavy atom. The van der Waals surface area contributed by atoms with Gasteiger partial charge in [0.1, 0.15) is 5.82 Å². The van der Waals surface area contributed by atoms with Crippen LogP contribution in [0.4, 0.5) is 4.39 Å². The van der Waals surface area contributed by atoms with Crippen molar-refractivity contribution in [3.63, 3.8) is 0 Å². The fourth-order valence-corrected chi connectivity index (χ4v) is 2.29. The molecule has 1 aromatic heterocycles. The number of hydrogen-bond acceptors (Lipinski definition) is 3. The summed E-state index contributed by atoms with van der Waals surface area (Å²) in [6.45, 7) is 4.07. The van der Waals surface area contributed by atoms with Crippen molar-refractivity contribution < 1.29 is 4.39 Å². The number of nitrogens with zero attached hydrogens (tertiary/aromatic N) is 2. The minimum atomic E-state index is -0.263. The van der Waals surface area contributed by atoms with Gasteiger partial charge in [0, 0.05) is 24.8 Å². The van der Waals surface area contributed by atoms with Gasteiger partial charge in [-0.3, -0.25) is 4.98 Å². The van der Waals surface area contributed by atoms with Crippen LogP contribution in [-0.2, 0) is 6.54 Å². The Bertz CT molecular complexity index is 369. The largest absolute Gasteiger partial charge is 0.310 e. The quantitative estimate of drug-likeness (QED) is 0.868. The lowest BCUT2D eigenvalue weighted by Crippen LogP contribution is -2.45. The van der Waals surface area contributed by atoms with E-state index in [-0.39, 0.29) is 5.82 Å². The van der Waals surface area contributed by atoms with E-state index in [9.17, 15) is 4.39 Å². The summed E-state index contributed by atoms with van der Waals surface area (Å²) in [5.74, 6) is -0.263. The molecule has 0 saturated carbocycles. The van der Waals surface area contributed by atoms with E-state index in [1.165, 1.54) is 6.20 Å². The van der Waals surface area contributed by atoms with Crippen molar-refractivity contribution in [2.24, 2.45) is 0 Å². The molecule has 2 atom stereocenters. The van der Waals surface area contributed by atoms with E-state index in [2.05, 4.69) is 29.2 Å². The van der Waals surface area contributed by atoms with Crippen molar-refractivity contribution in [3.05, 3.63) is 29.8 Å². The third-order valence-corrected chi connectivity index (χ3v) is 3.56. The van der Waals surface area contributed by atoms with Crippen LogP contribution in [0.15, 0.2) is 18.5 Å². The Morgan fingerprint density at radius 3 is 3.06 bits per heavy atom. The molecule has 0 aliphatic carbocycles. The van der Waals surface area contributed by atoms with Crippen LogP contribution >= 0.6 is 0 Å². The number of likely N-dealkylation sites (tertiary alicyclic amines) is 1. The van der Waals surface area contributed by atoms with Crippen LogP contribution < -0.4 is 5.32 Å². The zero-order chi connectivity index (χ0) is 12.3. The maximum Gasteiger partial charge on any atom is 0.141 e. The van der Waals surface area contributed by atoms with Crippen LogP contribution in [0.25, 0.3) is 0 Å². The minimum Gasteiger partial charge on any atom is -0.310 e. The standard InChI is InChI=1S/C13H20FN3/c1-10-5-13(3-4-17(10)2)16-8-11-6-12(14)9-15-7-11/h6-7,9-10,13,16H,3-5,8H2,1-2H3. The second-order valence-electron chi connectivity index (χ2n) is 4.94. The summed E-state index contributed by atoms with van der Waals surface area (Å²) in [4.78, 5) is 6.23. The van der Waals surface area contributed by atoms with Crippen molar-refractivity contribution in [3.8, 4) is 0 Å². The summed E-state index contributed by atoms with van der Waals surface area (Å²) < 4.78 is 12.9. The van der Waals surface area contributed by atoms with Crippen LogP contribution in [-0.4, -0.2) is 35.6 Å². The summed E-state index contributed by atoms with van der Waals surface area (Å²) in [6, 6.07) is 2.69. The highest BCUT2D eigenvalue weighted by Gasteiger charge is 2.21. The summed E-state index contributed by atoms with van der Waals surface area (Å²) >= 11 is 0. The molecule has 0 radical (unpaired) electrons. The second kappa shape index (κ2) is 5.56. The van der Waals surface area contributed by atoms with Crippen LogP contribution in [0.3, 0.4) is 0 Å². The lowest BCUT2D eigenvalue weighted by molar-refractivity contribution is 0.168. The molecule has 2 unspecified atom stereocenters. The lowest BCUT2D eigenvalue weighted by Gasteiger charge is -2.35. The molecular weight excluding hydrogens is 217 g/mol. The first-order valence-corrected chi connectivity index (χ1v) is 6.18. The van der Waals surface area contributed by atoms with Crippen molar-refractivity contribution >= 4 is 0 Å². The Morgan fingerprint density at radius 2 is 2.35 bits per heavy atom. The Balaban J connectivity index is 1.82. The molecule has 0 aromatic carbocycles. The van der Waals surface area contributed by atoms with Gasteiger partial charge in [-0.25, -0.2) is 4.39 Å². The lowest BCUT2D eigenvalue weighted by atomic mass is 9.99. The average Bonchev–Trinajstić information content (AvgIpc) is 2.31. The van der Waals surface area contributed by atoms with E-state index in [1.807, 2.05) is 0 Å². The molecule has 1 aliphatic heterocycles. The van der Waals surface area contributed by atoms with Gasteiger partial charge < -0.3 is 10.2 Å². The Labute approximate surface area is 102 Å². The SMILES string of the molecule is CC1CC(NCc2cncc(F)c2)CCN1C. The molecule has 1 aliphatic rings. The molecule has 1 fully saturated rings. The molecule has 3 nitrogen and oxygen atoms in total. The van der Waals surface area contributed by atoms with Crippen LogP contribution in [0.5, 0.6) is 0 Å². The Kier molecular flexibility index (Phi) is 4.07. The molecule has 1 saturated heterocycles. The molecule has 2 heterocycles. The molecule has 0 bridgehead atoms. The van der Waals surface area contributed by atoms with Gasteiger partial charge in [-0.15, -0.1) is 0 Å². The van der Waals surface area contributed by atoms with Gasteiger partial charge in [-0.1, -0.05) is 0 Å². The van der Waals surface area contributed by atoms with E-state index in [1.54, 1.807) is 12.3 Å². The second-order valence-corrected chi connectivity index (χ2v) is 4.94. The van der Waals surface area contributed by atoms with Gasteiger partial charge in [-0.05, 0) is 45.0 Å². The molecule has 17 heavy (non-hydrogen) atoms.